The molecule has 2 rings (SSSR count). The second-order valence-corrected chi connectivity index (χ2v) is 4.57. The molecule has 0 spiro atoms. The lowest BCUT2D eigenvalue weighted by Gasteiger charge is -2.09. The molecule has 17 heavy (non-hydrogen) atoms. The Bertz CT molecular complexity index is 625. The second-order valence-electron chi connectivity index (χ2n) is 3.77. The summed E-state index contributed by atoms with van der Waals surface area (Å²) < 4.78 is 2.25. The van der Waals surface area contributed by atoms with Gasteiger partial charge in [0.05, 0.1) is 16.2 Å². The maximum atomic E-state index is 9.76. The van der Waals surface area contributed by atoms with Crippen molar-refractivity contribution < 1.29 is 5.11 Å². The van der Waals surface area contributed by atoms with E-state index in [-0.39, 0.29) is 11.3 Å². The zero-order valence-corrected chi connectivity index (χ0v) is 11.0. The zero-order chi connectivity index (χ0) is 12.6. The maximum Gasteiger partial charge on any atom is 0.147 e. The van der Waals surface area contributed by atoms with E-state index in [1.807, 2.05) is 26.2 Å². The summed E-state index contributed by atoms with van der Waals surface area (Å²) in [6.07, 6.45) is 3.60. The number of nitriles is 1. The average Bonchev–Trinajstić information content (AvgIpc) is 2.73. The van der Waals surface area contributed by atoms with Crippen LogP contribution in [0.1, 0.15) is 11.1 Å². The summed E-state index contributed by atoms with van der Waals surface area (Å²) in [5, 5.41) is 22.8. The van der Waals surface area contributed by atoms with Crippen LogP contribution in [0.15, 0.2) is 22.9 Å². The average molecular weight is 292 g/mol. The third-order valence-corrected chi connectivity index (χ3v) is 3.59. The lowest BCUT2D eigenvalue weighted by Crippen LogP contribution is -1.89. The molecule has 0 radical (unpaired) electrons. The first-order valence-corrected chi connectivity index (χ1v) is 5.75. The summed E-state index contributed by atoms with van der Waals surface area (Å²) in [6, 6.07) is 3.65. The molecular weight excluding hydrogens is 282 g/mol. The second kappa shape index (κ2) is 4.22. The van der Waals surface area contributed by atoms with Crippen molar-refractivity contribution in [2.45, 2.75) is 6.92 Å². The van der Waals surface area contributed by atoms with Crippen molar-refractivity contribution in [1.82, 2.24) is 9.78 Å². The highest BCUT2D eigenvalue weighted by Gasteiger charge is 2.14. The van der Waals surface area contributed by atoms with Crippen LogP contribution in [0, 0.1) is 18.3 Å². The van der Waals surface area contributed by atoms with E-state index >= 15 is 0 Å². The number of rotatable bonds is 1. The molecule has 5 heteroatoms. The first-order valence-electron chi connectivity index (χ1n) is 4.95. The summed E-state index contributed by atoms with van der Waals surface area (Å²) in [6.45, 7) is 1.88. The van der Waals surface area contributed by atoms with Gasteiger partial charge in [0.1, 0.15) is 11.8 Å². The fraction of sp³-hybridized carbons (Fsp3) is 0.167. The molecule has 2 aromatic rings. The van der Waals surface area contributed by atoms with E-state index < -0.39 is 0 Å². The summed E-state index contributed by atoms with van der Waals surface area (Å²) in [4.78, 5) is 0. The molecule has 0 atom stereocenters. The van der Waals surface area contributed by atoms with Gasteiger partial charge in [0, 0.05) is 18.8 Å². The van der Waals surface area contributed by atoms with Crippen LogP contribution in [0.3, 0.4) is 0 Å². The van der Waals surface area contributed by atoms with Gasteiger partial charge in [-0.3, -0.25) is 4.68 Å². The molecule has 0 unspecified atom stereocenters. The van der Waals surface area contributed by atoms with E-state index in [2.05, 4.69) is 21.0 Å². The van der Waals surface area contributed by atoms with Crippen LogP contribution in [0.2, 0.25) is 0 Å². The molecule has 0 aliphatic rings. The standard InChI is InChI=1S/C12H10BrN3O/c1-7-10(9-5-15-16(2)6-9)3-8(4-14)12(17)11(7)13/h3,5-6,17H,1-2H3. The van der Waals surface area contributed by atoms with E-state index in [1.54, 1.807) is 16.9 Å². The minimum atomic E-state index is -0.0161. The van der Waals surface area contributed by atoms with Gasteiger partial charge in [-0.1, -0.05) is 0 Å². The van der Waals surface area contributed by atoms with E-state index in [4.69, 9.17) is 5.26 Å². The molecule has 1 aromatic carbocycles. The number of benzene rings is 1. The molecule has 1 aromatic heterocycles. The van der Waals surface area contributed by atoms with Crippen LogP contribution in [0.5, 0.6) is 5.75 Å². The van der Waals surface area contributed by atoms with E-state index in [0.29, 0.717) is 4.47 Å². The number of phenols is 1. The van der Waals surface area contributed by atoms with E-state index in [0.717, 1.165) is 16.7 Å². The van der Waals surface area contributed by atoms with Crippen LogP contribution < -0.4 is 0 Å². The number of nitrogens with zero attached hydrogens (tertiary/aromatic N) is 3. The molecule has 0 aliphatic carbocycles. The van der Waals surface area contributed by atoms with Crippen molar-refractivity contribution in [2.24, 2.45) is 7.05 Å². The molecule has 1 N–H and O–H groups in total. The van der Waals surface area contributed by atoms with Crippen LogP contribution in [0.25, 0.3) is 11.1 Å². The molecule has 0 aliphatic heterocycles. The van der Waals surface area contributed by atoms with E-state index in [9.17, 15) is 5.11 Å². The molecule has 0 saturated carbocycles. The van der Waals surface area contributed by atoms with Gasteiger partial charge in [-0.05, 0) is 40.0 Å². The highest BCUT2D eigenvalue weighted by atomic mass is 79.9. The van der Waals surface area contributed by atoms with Gasteiger partial charge in [0.25, 0.3) is 0 Å². The third kappa shape index (κ3) is 1.92. The number of phenolic OH excluding ortho intramolecular Hbond substituents is 1. The normalized spacial score (nSPS) is 10.2. The van der Waals surface area contributed by atoms with Gasteiger partial charge in [0.2, 0.25) is 0 Å². The summed E-state index contributed by atoms with van der Waals surface area (Å²) >= 11 is 3.30. The predicted octanol–water partition coefficient (Wildman–Crippen LogP) is 2.74. The number of aromatic hydroxyl groups is 1. The number of aromatic nitrogens is 2. The van der Waals surface area contributed by atoms with Crippen LogP contribution in [-0.2, 0) is 7.05 Å². The molecule has 86 valence electrons. The Morgan fingerprint density at radius 3 is 2.76 bits per heavy atom. The lowest BCUT2D eigenvalue weighted by atomic mass is 10.00. The largest absolute Gasteiger partial charge is 0.505 e. The molecular formula is C12H10BrN3O. The Morgan fingerprint density at radius 1 is 1.53 bits per heavy atom. The van der Waals surface area contributed by atoms with E-state index in [1.165, 1.54) is 0 Å². The van der Waals surface area contributed by atoms with Crippen molar-refractivity contribution in [3.63, 3.8) is 0 Å². The Morgan fingerprint density at radius 2 is 2.24 bits per heavy atom. The van der Waals surface area contributed by atoms with Gasteiger partial charge in [-0.2, -0.15) is 10.4 Å². The zero-order valence-electron chi connectivity index (χ0n) is 9.40. The van der Waals surface area contributed by atoms with Gasteiger partial charge < -0.3 is 5.11 Å². The number of hydrogen-bond acceptors (Lipinski definition) is 3. The Hall–Kier alpha value is -1.80. The highest BCUT2D eigenvalue weighted by Crippen LogP contribution is 2.37. The van der Waals surface area contributed by atoms with Crippen LogP contribution >= 0.6 is 15.9 Å². The van der Waals surface area contributed by atoms with Crippen molar-refractivity contribution in [2.75, 3.05) is 0 Å². The minimum absolute atomic E-state index is 0.0161. The molecule has 0 bridgehead atoms. The first-order chi connectivity index (χ1) is 8.04. The SMILES string of the molecule is Cc1c(-c2cnn(C)c2)cc(C#N)c(O)c1Br. The minimum Gasteiger partial charge on any atom is -0.505 e. The fourth-order valence-corrected chi connectivity index (χ4v) is 2.11. The van der Waals surface area contributed by atoms with Crippen LogP contribution in [0.4, 0.5) is 0 Å². The molecule has 0 amide bonds. The quantitative estimate of drug-likeness (QED) is 0.879. The van der Waals surface area contributed by atoms with Gasteiger partial charge in [-0.25, -0.2) is 0 Å². The third-order valence-electron chi connectivity index (χ3n) is 2.62. The molecule has 0 fully saturated rings. The Balaban J connectivity index is 2.71. The van der Waals surface area contributed by atoms with Crippen molar-refractivity contribution in [1.29, 1.82) is 5.26 Å². The number of aryl methyl sites for hydroxylation is 1. The fourth-order valence-electron chi connectivity index (χ4n) is 1.68. The Labute approximate surface area is 107 Å². The molecule has 4 nitrogen and oxygen atoms in total. The maximum absolute atomic E-state index is 9.76. The molecule has 1 heterocycles. The first kappa shape index (κ1) is 11.7. The van der Waals surface area contributed by atoms with Crippen molar-refractivity contribution in [3.05, 3.63) is 34.1 Å². The number of hydrogen-bond donors (Lipinski definition) is 1. The van der Waals surface area contributed by atoms with Gasteiger partial charge in [0.15, 0.2) is 0 Å². The summed E-state index contributed by atoms with van der Waals surface area (Å²) in [5.41, 5.74) is 2.94. The highest BCUT2D eigenvalue weighted by molar-refractivity contribution is 9.10. The van der Waals surface area contributed by atoms with Crippen molar-refractivity contribution >= 4 is 15.9 Å². The number of halogens is 1. The Kier molecular flexibility index (Phi) is 2.90. The topological polar surface area (TPSA) is 61.8 Å². The summed E-state index contributed by atoms with van der Waals surface area (Å²) in [7, 11) is 1.83. The van der Waals surface area contributed by atoms with Crippen molar-refractivity contribution in [3.8, 4) is 22.9 Å². The van der Waals surface area contributed by atoms with Gasteiger partial charge >= 0.3 is 0 Å². The van der Waals surface area contributed by atoms with Gasteiger partial charge in [-0.15, -0.1) is 0 Å². The van der Waals surface area contributed by atoms with Crippen LogP contribution in [-0.4, -0.2) is 14.9 Å². The summed E-state index contributed by atoms with van der Waals surface area (Å²) in [5.74, 6) is -0.0161. The lowest BCUT2D eigenvalue weighted by molar-refractivity contribution is 0.469. The monoisotopic (exact) mass is 291 g/mol. The predicted molar refractivity (Wildman–Crippen MR) is 67.5 cm³/mol. The smallest absolute Gasteiger partial charge is 0.147 e. The molecule has 0 saturated heterocycles.